The molecular weight excluding hydrogens is 669 g/mol. The van der Waals surface area contributed by atoms with Gasteiger partial charge in [-0.3, -0.25) is 14.4 Å². The third kappa shape index (κ3) is 8.66. The zero-order chi connectivity index (χ0) is 35.8. The van der Waals surface area contributed by atoms with Crippen LogP contribution in [0.3, 0.4) is 0 Å². The van der Waals surface area contributed by atoms with Crippen molar-refractivity contribution in [2.45, 2.75) is 58.5 Å². The van der Waals surface area contributed by atoms with Crippen molar-refractivity contribution in [2.75, 3.05) is 51.1 Å². The van der Waals surface area contributed by atoms with E-state index in [1.54, 1.807) is 38.1 Å². The van der Waals surface area contributed by atoms with Crippen molar-refractivity contribution in [2.24, 2.45) is 5.92 Å². The van der Waals surface area contributed by atoms with Gasteiger partial charge in [-0.15, -0.1) is 11.3 Å². The summed E-state index contributed by atoms with van der Waals surface area (Å²) in [5.41, 5.74) is 2.94. The number of benzene rings is 1. The van der Waals surface area contributed by atoms with Gasteiger partial charge in [0.15, 0.2) is 22.3 Å². The molecule has 2 aromatic carbocycles. The minimum absolute atomic E-state index is 0.183. The molecule has 264 valence electrons. The number of carbonyl (C=O) groups is 3. The topological polar surface area (TPSA) is 154 Å². The maximum atomic E-state index is 13.9. The monoisotopic (exact) mass is 712 g/mol. The number of ether oxygens (including phenoxy) is 4. The number of nitrogens with zero attached hydrogens (tertiary/aromatic N) is 1. The summed E-state index contributed by atoms with van der Waals surface area (Å²) in [5.74, 6) is 1.04. The Bertz CT molecular complexity index is 1760. The molecule has 0 radical (unpaired) electrons. The summed E-state index contributed by atoms with van der Waals surface area (Å²) in [6, 6.07) is 5.57. The van der Waals surface area contributed by atoms with Crippen LogP contribution in [0, 0.1) is 5.92 Å². The van der Waals surface area contributed by atoms with E-state index in [0.717, 1.165) is 16.0 Å². The minimum atomic E-state index is -0.807. The number of amides is 2. The standard InChI is InChI=1S/C35H44N4O8S2/c1-18(2)15-28-30(34(43)47-7)38-35(49-28)39-33(42)25(13-14-48-8)37-24-12-10-21-22(17-26(24)41)23(36-19(3)40)11-9-20-16-27(44-4)31(45-5)32(46-6)29(20)21/h10,12,16-18,23,25H,9,11,13-15H2,1-8H3,(H,36,40)(H,37,41)(H,38,39,42)/t23-,25-/m0/s1. The van der Waals surface area contributed by atoms with E-state index < -0.39 is 24.0 Å². The molecule has 2 amide bonds. The molecule has 4 rings (SSSR count). The van der Waals surface area contributed by atoms with E-state index in [-0.39, 0.29) is 33.8 Å². The normalized spacial score (nSPS) is 14.1. The van der Waals surface area contributed by atoms with E-state index in [9.17, 15) is 19.2 Å². The summed E-state index contributed by atoms with van der Waals surface area (Å²) in [6.07, 6.45) is 4.03. The van der Waals surface area contributed by atoms with Gasteiger partial charge in [0, 0.05) is 17.4 Å². The Labute approximate surface area is 294 Å². The lowest BCUT2D eigenvalue weighted by Crippen LogP contribution is -2.36. The number of fused-ring (bicyclic) bond motifs is 3. The number of anilines is 2. The van der Waals surface area contributed by atoms with E-state index in [0.29, 0.717) is 59.8 Å². The summed E-state index contributed by atoms with van der Waals surface area (Å²) >= 11 is 2.80. The molecule has 0 saturated carbocycles. The number of esters is 1. The second-order valence-corrected chi connectivity index (χ2v) is 14.0. The lowest BCUT2D eigenvalue weighted by atomic mass is 9.95. The largest absolute Gasteiger partial charge is 0.493 e. The maximum absolute atomic E-state index is 13.9. The van der Waals surface area contributed by atoms with Crippen molar-refractivity contribution >= 4 is 51.7 Å². The number of aryl methyl sites for hydroxylation is 1. The minimum Gasteiger partial charge on any atom is -0.493 e. The zero-order valence-electron chi connectivity index (χ0n) is 29.1. The zero-order valence-corrected chi connectivity index (χ0v) is 30.7. The third-order valence-corrected chi connectivity index (χ3v) is 9.71. The van der Waals surface area contributed by atoms with Gasteiger partial charge in [0.25, 0.3) is 0 Å². The lowest BCUT2D eigenvalue weighted by molar-refractivity contribution is -0.120. The van der Waals surface area contributed by atoms with Gasteiger partial charge in [-0.05, 0) is 78.5 Å². The molecule has 3 aromatic rings. The van der Waals surface area contributed by atoms with E-state index in [2.05, 4.69) is 20.9 Å². The Morgan fingerprint density at radius 2 is 1.80 bits per heavy atom. The molecule has 0 spiro atoms. The van der Waals surface area contributed by atoms with Crippen molar-refractivity contribution in [1.82, 2.24) is 10.3 Å². The van der Waals surface area contributed by atoms with Gasteiger partial charge >= 0.3 is 5.97 Å². The van der Waals surface area contributed by atoms with Gasteiger partial charge < -0.3 is 34.9 Å². The molecule has 0 bridgehead atoms. The fraction of sp³-hybridized carbons (Fsp3) is 0.457. The predicted molar refractivity (Wildman–Crippen MR) is 194 cm³/mol. The molecule has 0 unspecified atom stereocenters. The highest BCUT2D eigenvalue weighted by molar-refractivity contribution is 7.98. The summed E-state index contributed by atoms with van der Waals surface area (Å²) in [6.45, 7) is 5.50. The average molecular weight is 713 g/mol. The van der Waals surface area contributed by atoms with Gasteiger partial charge in [0.05, 0.1) is 40.2 Å². The van der Waals surface area contributed by atoms with Crippen molar-refractivity contribution in [3.63, 3.8) is 0 Å². The van der Waals surface area contributed by atoms with E-state index >= 15 is 0 Å². The number of hydrogen-bond acceptors (Lipinski definition) is 12. The summed E-state index contributed by atoms with van der Waals surface area (Å²) < 4.78 is 22.1. The molecule has 0 saturated heterocycles. The molecule has 1 aromatic heterocycles. The average Bonchev–Trinajstić information content (AvgIpc) is 3.30. The van der Waals surface area contributed by atoms with Crippen LogP contribution in [0.5, 0.6) is 17.2 Å². The van der Waals surface area contributed by atoms with Gasteiger partial charge in [-0.2, -0.15) is 11.8 Å². The summed E-state index contributed by atoms with van der Waals surface area (Å²) in [7, 11) is 5.92. The van der Waals surface area contributed by atoms with E-state index in [4.69, 9.17) is 18.9 Å². The molecule has 3 N–H and O–H groups in total. The molecule has 2 atom stereocenters. The number of thioether (sulfide) groups is 1. The first-order valence-corrected chi connectivity index (χ1v) is 18.1. The van der Waals surface area contributed by atoms with Crippen LogP contribution in [0.4, 0.5) is 10.8 Å². The van der Waals surface area contributed by atoms with Crippen LogP contribution < -0.4 is 35.6 Å². The molecule has 1 aliphatic carbocycles. The second kappa shape index (κ2) is 16.9. The van der Waals surface area contributed by atoms with Crippen molar-refractivity contribution in [3.8, 4) is 28.4 Å². The quantitative estimate of drug-likeness (QED) is 0.182. The predicted octanol–water partition coefficient (Wildman–Crippen LogP) is 5.48. The lowest BCUT2D eigenvalue weighted by Gasteiger charge is -2.19. The van der Waals surface area contributed by atoms with E-state index in [1.165, 1.54) is 38.5 Å². The van der Waals surface area contributed by atoms with Gasteiger partial charge in [0.2, 0.25) is 23.0 Å². The van der Waals surface area contributed by atoms with Gasteiger partial charge in [-0.25, -0.2) is 9.78 Å². The SMILES string of the molecule is COC(=O)c1nc(NC(=O)[C@H](CCSC)Nc2ccc3c(cc2=O)[C@@H](NC(C)=O)CCc2cc(OC)c(OC)c(OC)c2-3)sc1CC(C)C. The highest BCUT2D eigenvalue weighted by atomic mass is 32.2. The Kier molecular flexibility index (Phi) is 12.9. The third-order valence-electron chi connectivity index (χ3n) is 8.07. The van der Waals surface area contributed by atoms with Crippen LogP contribution in [0.2, 0.25) is 0 Å². The number of methoxy groups -OCH3 is 4. The number of hydrogen-bond donors (Lipinski definition) is 3. The molecule has 12 nitrogen and oxygen atoms in total. The Morgan fingerprint density at radius 1 is 1.06 bits per heavy atom. The Balaban J connectivity index is 1.79. The van der Waals surface area contributed by atoms with Crippen molar-refractivity contribution in [3.05, 3.63) is 56.2 Å². The van der Waals surface area contributed by atoms with Gasteiger partial charge in [0.1, 0.15) is 6.04 Å². The second-order valence-electron chi connectivity index (χ2n) is 11.9. The first kappa shape index (κ1) is 37.5. The first-order valence-electron chi connectivity index (χ1n) is 15.9. The number of aromatic nitrogens is 1. The van der Waals surface area contributed by atoms with Crippen LogP contribution >= 0.6 is 23.1 Å². The van der Waals surface area contributed by atoms with Crippen LogP contribution in [0.25, 0.3) is 11.1 Å². The van der Waals surface area contributed by atoms with E-state index in [1.807, 2.05) is 26.2 Å². The molecule has 0 aliphatic heterocycles. The summed E-state index contributed by atoms with van der Waals surface area (Å²) in [4.78, 5) is 57.5. The Hall–Kier alpha value is -4.30. The smallest absolute Gasteiger partial charge is 0.357 e. The fourth-order valence-corrected chi connectivity index (χ4v) is 7.52. The van der Waals surface area contributed by atoms with Crippen LogP contribution in [0.15, 0.2) is 29.1 Å². The molecular formula is C35H44N4O8S2. The van der Waals surface area contributed by atoms with Crippen LogP contribution in [-0.4, -0.2) is 69.3 Å². The number of nitrogens with one attached hydrogen (secondary N) is 3. The molecule has 1 aliphatic rings. The molecule has 1 heterocycles. The number of rotatable bonds is 14. The molecule has 0 fully saturated rings. The molecule has 14 heteroatoms. The highest BCUT2D eigenvalue weighted by Gasteiger charge is 2.30. The van der Waals surface area contributed by atoms with Gasteiger partial charge in [-0.1, -0.05) is 19.9 Å². The Morgan fingerprint density at radius 3 is 2.41 bits per heavy atom. The fourth-order valence-electron chi connectivity index (χ4n) is 5.88. The maximum Gasteiger partial charge on any atom is 0.357 e. The van der Waals surface area contributed by atoms with Crippen molar-refractivity contribution in [1.29, 1.82) is 0 Å². The van der Waals surface area contributed by atoms with Crippen molar-refractivity contribution < 1.29 is 33.3 Å². The summed E-state index contributed by atoms with van der Waals surface area (Å²) in [5, 5.41) is 9.31. The molecule has 49 heavy (non-hydrogen) atoms. The first-order chi connectivity index (χ1) is 23.4. The van der Waals surface area contributed by atoms with Crippen LogP contribution in [0.1, 0.15) is 66.1 Å². The number of thiazole rings is 1. The van der Waals surface area contributed by atoms with Crippen LogP contribution in [-0.2, 0) is 27.2 Å². The highest BCUT2D eigenvalue weighted by Crippen LogP contribution is 2.50. The number of carbonyl (C=O) groups excluding carboxylic acids is 3.